The summed E-state index contributed by atoms with van der Waals surface area (Å²) in [4.78, 5) is 0. The van der Waals surface area contributed by atoms with Crippen molar-refractivity contribution in [2.75, 3.05) is 6.61 Å². The Bertz CT molecular complexity index is 423. The molecule has 0 aliphatic heterocycles. The molecule has 1 aliphatic rings. The molecule has 17 heavy (non-hydrogen) atoms. The van der Waals surface area contributed by atoms with Crippen molar-refractivity contribution in [2.45, 2.75) is 38.2 Å². The van der Waals surface area contributed by atoms with E-state index in [9.17, 15) is 5.11 Å². The summed E-state index contributed by atoms with van der Waals surface area (Å²) in [6.45, 7) is 0.656. The SMILES string of the molecule is N#CCCCCOc1ccc2c(c1)CC[C@H]2O. The number of aryl methyl sites for hydroxylation is 1. The number of hydrogen-bond donors (Lipinski definition) is 1. The summed E-state index contributed by atoms with van der Waals surface area (Å²) in [6.07, 6.45) is 3.85. The van der Waals surface area contributed by atoms with Crippen molar-refractivity contribution in [2.24, 2.45) is 0 Å². The predicted molar refractivity (Wildman–Crippen MR) is 64.7 cm³/mol. The van der Waals surface area contributed by atoms with Crippen LogP contribution in [0, 0.1) is 11.3 Å². The average Bonchev–Trinajstić information content (AvgIpc) is 2.71. The van der Waals surface area contributed by atoms with E-state index in [4.69, 9.17) is 10.00 Å². The Kier molecular flexibility index (Phi) is 4.00. The van der Waals surface area contributed by atoms with Crippen molar-refractivity contribution in [3.63, 3.8) is 0 Å². The number of rotatable bonds is 5. The van der Waals surface area contributed by atoms with Gasteiger partial charge in [-0.25, -0.2) is 0 Å². The van der Waals surface area contributed by atoms with Gasteiger partial charge in [-0.2, -0.15) is 5.26 Å². The lowest BCUT2D eigenvalue weighted by molar-refractivity contribution is 0.180. The number of unbranched alkanes of at least 4 members (excludes halogenated alkanes) is 2. The van der Waals surface area contributed by atoms with Crippen LogP contribution in [-0.4, -0.2) is 11.7 Å². The second kappa shape index (κ2) is 5.70. The third-order valence-corrected chi connectivity index (χ3v) is 3.11. The predicted octanol–water partition coefficient (Wildman–Crippen LogP) is 2.74. The maximum atomic E-state index is 9.67. The molecular formula is C14H17NO2. The normalized spacial score (nSPS) is 17.5. The molecule has 3 nitrogen and oxygen atoms in total. The Balaban J connectivity index is 1.85. The van der Waals surface area contributed by atoms with Crippen molar-refractivity contribution < 1.29 is 9.84 Å². The molecule has 1 aromatic carbocycles. The molecule has 0 fully saturated rings. The third kappa shape index (κ3) is 2.98. The van der Waals surface area contributed by atoms with Gasteiger partial charge >= 0.3 is 0 Å². The summed E-state index contributed by atoms with van der Waals surface area (Å²) in [7, 11) is 0. The average molecular weight is 231 g/mol. The van der Waals surface area contributed by atoms with Crippen molar-refractivity contribution in [1.82, 2.24) is 0 Å². The summed E-state index contributed by atoms with van der Waals surface area (Å²) in [5.74, 6) is 0.870. The van der Waals surface area contributed by atoms with Gasteiger partial charge in [-0.3, -0.25) is 0 Å². The quantitative estimate of drug-likeness (QED) is 0.793. The van der Waals surface area contributed by atoms with Crippen molar-refractivity contribution in [1.29, 1.82) is 5.26 Å². The third-order valence-electron chi connectivity index (χ3n) is 3.11. The van der Waals surface area contributed by atoms with E-state index in [-0.39, 0.29) is 6.10 Å². The van der Waals surface area contributed by atoms with E-state index in [1.165, 1.54) is 5.56 Å². The molecule has 3 heteroatoms. The monoisotopic (exact) mass is 231 g/mol. The number of ether oxygens (including phenoxy) is 1. The van der Waals surface area contributed by atoms with Crippen LogP contribution >= 0.6 is 0 Å². The standard InChI is InChI=1S/C14H17NO2/c15-8-2-1-3-9-17-12-5-6-13-11(10-12)4-7-14(13)16/h5-6,10,14,16H,1-4,7,9H2/t14-/m1/s1. The topological polar surface area (TPSA) is 53.2 Å². The molecule has 0 heterocycles. The molecule has 0 amide bonds. The second-order valence-electron chi connectivity index (χ2n) is 4.38. The Morgan fingerprint density at radius 2 is 2.29 bits per heavy atom. The first-order valence-electron chi connectivity index (χ1n) is 6.12. The maximum absolute atomic E-state index is 9.67. The lowest BCUT2D eigenvalue weighted by Crippen LogP contribution is -1.98. The molecule has 0 bridgehead atoms. The van der Waals surface area contributed by atoms with Crippen LogP contribution in [0.2, 0.25) is 0 Å². The van der Waals surface area contributed by atoms with Crippen molar-refractivity contribution in [3.05, 3.63) is 29.3 Å². The van der Waals surface area contributed by atoms with Gasteiger partial charge in [0.25, 0.3) is 0 Å². The Morgan fingerprint density at radius 1 is 1.41 bits per heavy atom. The number of nitriles is 1. The fourth-order valence-corrected chi connectivity index (χ4v) is 2.16. The van der Waals surface area contributed by atoms with Crippen LogP contribution in [0.15, 0.2) is 18.2 Å². The van der Waals surface area contributed by atoms with Crippen LogP contribution in [-0.2, 0) is 6.42 Å². The fourth-order valence-electron chi connectivity index (χ4n) is 2.16. The molecule has 0 radical (unpaired) electrons. The zero-order valence-corrected chi connectivity index (χ0v) is 9.85. The van der Waals surface area contributed by atoms with Crippen LogP contribution in [0.1, 0.15) is 42.9 Å². The molecule has 0 spiro atoms. The first-order valence-corrected chi connectivity index (χ1v) is 6.12. The molecule has 1 aliphatic carbocycles. The van der Waals surface area contributed by atoms with Gasteiger partial charge in [0, 0.05) is 6.42 Å². The van der Waals surface area contributed by atoms with Gasteiger partial charge in [0.1, 0.15) is 5.75 Å². The van der Waals surface area contributed by atoms with Gasteiger partial charge in [0.15, 0.2) is 0 Å². The summed E-state index contributed by atoms with van der Waals surface area (Å²) in [6, 6.07) is 8.02. The minimum atomic E-state index is -0.297. The summed E-state index contributed by atoms with van der Waals surface area (Å²) in [5.41, 5.74) is 2.24. The van der Waals surface area contributed by atoms with E-state index >= 15 is 0 Å². The number of benzene rings is 1. The first-order chi connectivity index (χ1) is 8.31. The summed E-state index contributed by atoms with van der Waals surface area (Å²) >= 11 is 0. The highest BCUT2D eigenvalue weighted by atomic mass is 16.5. The van der Waals surface area contributed by atoms with Crippen LogP contribution in [0.5, 0.6) is 5.75 Å². The van der Waals surface area contributed by atoms with E-state index < -0.39 is 0 Å². The molecule has 2 rings (SSSR count). The minimum Gasteiger partial charge on any atom is -0.494 e. The summed E-state index contributed by atoms with van der Waals surface area (Å²) in [5, 5.41) is 18.1. The van der Waals surface area contributed by atoms with Crippen LogP contribution in [0.4, 0.5) is 0 Å². The molecule has 0 aromatic heterocycles. The van der Waals surface area contributed by atoms with E-state index in [0.29, 0.717) is 13.0 Å². The van der Waals surface area contributed by atoms with Crippen LogP contribution < -0.4 is 4.74 Å². The molecule has 1 atom stereocenters. The fraction of sp³-hybridized carbons (Fsp3) is 0.500. The number of hydrogen-bond acceptors (Lipinski definition) is 3. The van der Waals surface area contributed by atoms with Gasteiger partial charge in [-0.1, -0.05) is 6.07 Å². The van der Waals surface area contributed by atoms with E-state index in [0.717, 1.165) is 37.0 Å². The highest BCUT2D eigenvalue weighted by Crippen LogP contribution is 2.33. The number of aliphatic hydroxyl groups excluding tert-OH is 1. The van der Waals surface area contributed by atoms with E-state index in [1.54, 1.807) is 0 Å². The van der Waals surface area contributed by atoms with Crippen LogP contribution in [0.25, 0.3) is 0 Å². The number of fused-ring (bicyclic) bond motifs is 1. The molecule has 1 N–H and O–H groups in total. The first kappa shape index (κ1) is 11.9. The Labute approximate surface area is 102 Å². The summed E-state index contributed by atoms with van der Waals surface area (Å²) < 4.78 is 5.62. The van der Waals surface area contributed by atoms with Gasteiger partial charge in [-0.05, 0) is 48.9 Å². The highest BCUT2D eigenvalue weighted by molar-refractivity contribution is 5.39. The molecule has 0 unspecified atom stereocenters. The Hall–Kier alpha value is -1.53. The lowest BCUT2D eigenvalue weighted by atomic mass is 10.1. The highest BCUT2D eigenvalue weighted by Gasteiger charge is 2.20. The molecular weight excluding hydrogens is 214 g/mol. The van der Waals surface area contributed by atoms with Gasteiger partial charge in [0.05, 0.1) is 18.8 Å². The van der Waals surface area contributed by atoms with Crippen molar-refractivity contribution in [3.8, 4) is 11.8 Å². The maximum Gasteiger partial charge on any atom is 0.119 e. The van der Waals surface area contributed by atoms with Crippen LogP contribution in [0.3, 0.4) is 0 Å². The smallest absolute Gasteiger partial charge is 0.119 e. The number of aliphatic hydroxyl groups is 1. The largest absolute Gasteiger partial charge is 0.494 e. The molecule has 1 aromatic rings. The lowest BCUT2D eigenvalue weighted by Gasteiger charge is -2.08. The molecule has 90 valence electrons. The zero-order chi connectivity index (χ0) is 12.1. The molecule has 0 saturated carbocycles. The second-order valence-corrected chi connectivity index (χ2v) is 4.38. The van der Waals surface area contributed by atoms with Gasteiger partial charge < -0.3 is 9.84 Å². The van der Waals surface area contributed by atoms with E-state index in [2.05, 4.69) is 6.07 Å². The van der Waals surface area contributed by atoms with Crippen molar-refractivity contribution >= 4 is 0 Å². The van der Waals surface area contributed by atoms with Gasteiger partial charge in [0.2, 0.25) is 0 Å². The minimum absolute atomic E-state index is 0.297. The number of nitrogens with zero attached hydrogens (tertiary/aromatic N) is 1. The van der Waals surface area contributed by atoms with E-state index in [1.807, 2.05) is 18.2 Å². The zero-order valence-electron chi connectivity index (χ0n) is 9.85. The Morgan fingerprint density at radius 3 is 3.12 bits per heavy atom. The molecule has 0 saturated heterocycles. The van der Waals surface area contributed by atoms with Gasteiger partial charge in [-0.15, -0.1) is 0 Å².